The normalized spacial score (nSPS) is 23.2. The number of benzene rings is 3. The molecule has 44 heavy (non-hydrogen) atoms. The monoisotopic (exact) mass is 724 g/mol. The summed E-state index contributed by atoms with van der Waals surface area (Å²) in [4.78, 5) is 38.4. The first-order valence-corrected chi connectivity index (χ1v) is 14.8. The number of allylic oxidation sites excluding steroid dienone is 1. The number of rotatable bonds is 6. The van der Waals surface area contributed by atoms with Gasteiger partial charge in [0, 0.05) is 51.1 Å². The molecule has 3 atom stereocenters. The van der Waals surface area contributed by atoms with Crippen LogP contribution in [0, 0.1) is 11.7 Å². The van der Waals surface area contributed by atoms with E-state index >= 15 is 0 Å². The quantitative estimate of drug-likeness (QED) is 0.119. The number of urea groups is 1. The van der Waals surface area contributed by atoms with Gasteiger partial charge in [0.05, 0.1) is 0 Å². The Hall–Kier alpha value is -3.68. The van der Waals surface area contributed by atoms with E-state index in [1.807, 2.05) is 0 Å². The van der Waals surface area contributed by atoms with E-state index in [-0.39, 0.29) is 29.8 Å². The lowest BCUT2D eigenvalue weighted by Crippen LogP contribution is -2.44. The summed E-state index contributed by atoms with van der Waals surface area (Å²) in [5, 5.41) is 4.88. The fourth-order valence-corrected chi connectivity index (χ4v) is 7.00. The Bertz CT molecular complexity index is 1730. The van der Waals surface area contributed by atoms with Gasteiger partial charge in [-0.05, 0) is 71.7 Å². The molecule has 0 saturated carbocycles. The second-order valence-electron chi connectivity index (χ2n) is 11.3. The molecule has 2 aliphatic carbocycles. The van der Waals surface area contributed by atoms with Crippen molar-refractivity contribution < 1.29 is 40.7 Å². The fraction of sp³-hybridized carbons (Fsp3) is 0.281. The molecule has 3 aromatic carbocycles. The van der Waals surface area contributed by atoms with E-state index in [4.69, 9.17) is 0 Å². The molecule has 3 amide bonds. The molecule has 1 saturated heterocycles. The van der Waals surface area contributed by atoms with Crippen molar-refractivity contribution in [2.24, 2.45) is 5.92 Å². The first-order chi connectivity index (χ1) is 20.7. The lowest BCUT2D eigenvalue weighted by Gasteiger charge is -2.31. The summed E-state index contributed by atoms with van der Waals surface area (Å²) in [5.74, 6) is -2.88. The Balaban J connectivity index is 1.32. The maximum Gasteiger partial charge on any atom is 0.412 e. The third-order valence-corrected chi connectivity index (χ3v) is 9.30. The predicted octanol–water partition coefficient (Wildman–Crippen LogP) is 7.66. The van der Waals surface area contributed by atoms with Gasteiger partial charge in [0.25, 0.3) is 5.91 Å². The Morgan fingerprint density at radius 3 is 2.30 bits per heavy atom. The lowest BCUT2D eigenvalue weighted by atomic mass is 9.76. The van der Waals surface area contributed by atoms with Crippen molar-refractivity contribution in [1.29, 1.82) is 0 Å². The molecule has 6 rings (SSSR count). The van der Waals surface area contributed by atoms with Gasteiger partial charge in [-0.3, -0.25) is 14.9 Å². The summed E-state index contributed by atoms with van der Waals surface area (Å²) < 4.78 is 80.9. The fourth-order valence-electron chi connectivity index (χ4n) is 6.53. The number of Topliss-reactive ketones (excluding diaryl/α,β-unsaturated/α-hetero) is 1. The molecular weight excluding hydrogens is 701 g/mol. The molecule has 0 bridgehead atoms. The number of alkyl halides is 6. The molecular formula is C32H23F6IN2O3. The maximum absolute atomic E-state index is 14.4. The second-order valence-corrected chi connectivity index (χ2v) is 12.6. The molecule has 1 aliphatic heterocycles. The molecule has 2 N–H and O–H groups in total. The molecule has 5 nitrogen and oxygen atoms in total. The van der Waals surface area contributed by atoms with Gasteiger partial charge in [-0.15, -0.1) is 0 Å². The number of nitrogens with one attached hydrogen (secondary N) is 2. The van der Waals surface area contributed by atoms with Crippen LogP contribution in [0.15, 0.2) is 66.2 Å². The van der Waals surface area contributed by atoms with E-state index in [2.05, 4.69) is 10.6 Å². The summed E-state index contributed by atoms with van der Waals surface area (Å²) in [6.07, 6.45) is -3.85. The van der Waals surface area contributed by atoms with Crippen LogP contribution in [0.25, 0.3) is 6.08 Å². The van der Waals surface area contributed by atoms with Gasteiger partial charge in [-0.2, -0.15) is 22.0 Å². The molecule has 3 aliphatic rings. The maximum atomic E-state index is 14.4. The van der Waals surface area contributed by atoms with Crippen molar-refractivity contribution in [3.63, 3.8) is 0 Å². The standard InChI is InChI=1S/C32H23F6IN2O3/c33-21-9-6-17-12-18(27(42)24(17)15-21)10-11-30(28(43)40-29(44)41-30)19-7-4-16(5-8-19)23-13-20(31(34,35)36)14-25-22(23)2-1-3-26(25)32(37,38)39/h1-9,14-15,18,23H,10-13H2,(H2,40,41,43,44)/t18?,23-,30-/m0/s1. The van der Waals surface area contributed by atoms with Crippen molar-refractivity contribution in [3.8, 4) is 0 Å². The summed E-state index contributed by atoms with van der Waals surface area (Å²) in [6, 6.07) is 13.4. The molecule has 1 unspecified atom stereocenters. The van der Waals surface area contributed by atoms with Gasteiger partial charge >= 0.3 is 16.1 Å². The number of carbonyl (C=O) groups is 3. The highest BCUT2D eigenvalue weighted by Gasteiger charge is 2.48. The summed E-state index contributed by atoms with van der Waals surface area (Å²) in [7, 11) is 0. The van der Waals surface area contributed by atoms with Gasteiger partial charge in [0.15, 0.2) is 5.78 Å². The largest absolute Gasteiger partial charge is 0.412 e. The summed E-state index contributed by atoms with van der Waals surface area (Å²) in [5.41, 5.74) is -1.15. The average Bonchev–Trinajstić information content (AvgIpc) is 3.44. The zero-order valence-corrected chi connectivity index (χ0v) is 24.9. The molecule has 1 fully saturated rings. The number of fused-ring (bicyclic) bond motifs is 2. The minimum absolute atomic E-state index is 0.0259. The highest BCUT2D eigenvalue weighted by atomic mass is 127. The van der Waals surface area contributed by atoms with Gasteiger partial charge in [-0.1, -0.05) is 48.5 Å². The van der Waals surface area contributed by atoms with E-state index in [0.717, 1.165) is 34.7 Å². The van der Waals surface area contributed by atoms with Crippen LogP contribution in [-0.4, -0.2) is 23.9 Å². The van der Waals surface area contributed by atoms with Crippen LogP contribution in [0.3, 0.4) is 0 Å². The molecule has 0 aromatic heterocycles. The van der Waals surface area contributed by atoms with Crippen LogP contribution in [0.4, 0.5) is 31.1 Å². The number of carbonyl (C=O) groups excluding carboxylic acids is 3. The number of hydrogen-bond donors (Lipinski definition) is 2. The molecule has 0 radical (unpaired) electrons. The number of amides is 3. The van der Waals surface area contributed by atoms with Crippen molar-refractivity contribution in [2.45, 2.75) is 47.2 Å². The third-order valence-electron chi connectivity index (χ3n) is 8.72. The van der Waals surface area contributed by atoms with Gasteiger partial charge in [0.1, 0.15) is 11.4 Å². The van der Waals surface area contributed by atoms with Crippen LogP contribution in [0.2, 0.25) is 0 Å². The molecule has 228 valence electrons. The van der Waals surface area contributed by atoms with Crippen molar-refractivity contribution in [3.05, 3.63) is 111 Å². The van der Waals surface area contributed by atoms with Crippen LogP contribution in [0.5, 0.6) is 0 Å². The van der Waals surface area contributed by atoms with Gasteiger partial charge in [-0.25, -0.2) is 9.18 Å². The topological polar surface area (TPSA) is 75.3 Å². The van der Waals surface area contributed by atoms with Crippen molar-refractivity contribution in [1.82, 2.24) is 10.6 Å². The number of ketones is 1. The highest BCUT2D eigenvalue weighted by molar-refractivity contribution is 14.1. The van der Waals surface area contributed by atoms with Crippen LogP contribution >= 0.6 is 22.6 Å². The average molecular weight is 724 g/mol. The van der Waals surface area contributed by atoms with Crippen LogP contribution in [0.1, 0.15) is 68.9 Å². The molecule has 0 spiro atoms. The molecule has 1 heterocycles. The van der Waals surface area contributed by atoms with Gasteiger partial charge < -0.3 is 5.32 Å². The smallest absolute Gasteiger partial charge is 0.319 e. The van der Waals surface area contributed by atoms with Crippen LogP contribution in [-0.2, 0) is 20.7 Å². The Morgan fingerprint density at radius 1 is 0.932 bits per heavy atom. The van der Waals surface area contributed by atoms with E-state index in [0.29, 0.717) is 28.7 Å². The summed E-state index contributed by atoms with van der Waals surface area (Å²) >= 11 is 0.900. The zero-order chi connectivity index (χ0) is 31.6. The number of imide groups is 1. The first kappa shape index (κ1) is 30.4. The zero-order valence-electron chi connectivity index (χ0n) is 22.7. The number of halogens is 7. The van der Waals surface area contributed by atoms with E-state index in [9.17, 15) is 40.7 Å². The number of hydrogen-bond acceptors (Lipinski definition) is 3. The highest BCUT2D eigenvalue weighted by Crippen LogP contribution is 2.48. The SMILES string of the molecule is O=C1NC(=O)[C@](CCC2Cc3ccc(F)cc3C2=O)(c2ccc([C@@H]3CC(C(F)(F)F)=Cc4c3cccc4C(F)(F)I)cc2)N1. The van der Waals surface area contributed by atoms with E-state index in [1.165, 1.54) is 48.5 Å². The summed E-state index contributed by atoms with van der Waals surface area (Å²) in [6.45, 7) is 0. The first-order valence-electron chi connectivity index (χ1n) is 13.7. The van der Waals surface area contributed by atoms with Crippen LogP contribution < -0.4 is 10.6 Å². The van der Waals surface area contributed by atoms with E-state index in [1.54, 1.807) is 6.07 Å². The predicted molar refractivity (Wildman–Crippen MR) is 157 cm³/mol. The molecule has 12 heteroatoms. The second kappa shape index (κ2) is 10.7. The Morgan fingerprint density at radius 2 is 1.66 bits per heavy atom. The van der Waals surface area contributed by atoms with Crippen molar-refractivity contribution in [2.75, 3.05) is 0 Å². The minimum atomic E-state index is -4.73. The lowest BCUT2D eigenvalue weighted by molar-refractivity contribution is -0.124. The van der Waals surface area contributed by atoms with Crippen molar-refractivity contribution >= 4 is 46.4 Å². The Kier molecular flexibility index (Phi) is 7.41. The van der Waals surface area contributed by atoms with Gasteiger partial charge in [0.2, 0.25) is 0 Å². The molecule has 3 aromatic rings. The Labute approximate surface area is 261 Å². The van der Waals surface area contributed by atoms with E-state index < -0.39 is 62.8 Å². The third kappa shape index (κ3) is 5.30. The minimum Gasteiger partial charge on any atom is -0.319 e.